The van der Waals surface area contributed by atoms with E-state index >= 15 is 0 Å². The molecule has 0 spiro atoms. The highest BCUT2D eigenvalue weighted by molar-refractivity contribution is 5.85. The van der Waals surface area contributed by atoms with Crippen LogP contribution in [0.3, 0.4) is 0 Å². The zero-order chi connectivity index (χ0) is 13.0. The van der Waals surface area contributed by atoms with Gasteiger partial charge in [0.2, 0.25) is 5.91 Å². The summed E-state index contributed by atoms with van der Waals surface area (Å²) in [4.78, 5) is 14.0. The van der Waals surface area contributed by atoms with Gasteiger partial charge >= 0.3 is 0 Å². The Morgan fingerprint density at radius 1 is 1.33 bits per heavy atom. The third-order valence-corrected chi connectivity index (χ3v) is 3.85. The molecule has 3 nitrogen and oxygen atoms in total. The Morgan fingerprint density at radius 3 is 2.56 bits per heavy atom. The molecule has 3 heteroatoms. The number of aryl methyl sites for hydroxylation is 1. The van der Waals surface area contributed by atoms with E-state index in [2.05, 4.69) is 24.3 Å². The van der Waals surface area contributed by atoms with Crippen molar-refractivity contribution in [3.63, 3.8) is 0 Å². The molecule has 0 aliphatic heterocycles. The third kappa shape index (κ3) is 2.91. The molecular weight excluding hydrogens is 224 g/mol. The molecule has 0 saturated heterocycles. The SMILES string of the molecule is CN(CCCc1ccccc1)C(=O)C1(CN)CC1. The standard InChI is InChI=1S/C15H22N2O/c1-17(14(18)15(12-16)9-10-15)11-5-8-13-6-3-2-4-7-13/h2-4,6-7H,5,8-12,16H2,1H3. The van der Waals surface area contributed by atoms with E-state index in [9.17, 15) is 4.79 Å². The van der Waals surface area contributed by atoms with Crippen molar-refractivity contribution in [1.29, 1.82) is 0 Å². The number of nitrogens with zero attached hydrogens (tertiary/aromatic N) is 1. The highest BCUT2D eigenvalue weighted by Gasteiger charge is 2.49. The summed E-state index contributed by atoms with van der Waals surface area (Å²) in [6.07, 6.45) is 3.96. The summed E-state index contributed by atoms with van der Waals surface area (Å²) < 4.78 is 0. The van der Waals surface area contributed by atoms with Crippen LogP contribution in [0.15, 0.2) is 30.3 Å². The van der Waals surface area contributed by atoms with E-state index in [1.165, 1.54) is 5.56 Å². The molecular formula is C15H22N2O. The highest BCUT2D eigenvalue weighted by atomic mass is 16.2. The number of hydrogen-bond donors (Lipinski definition) is 1. The van der Waals surface area contributed by atoms with Crippen molar-refractivity contribution in [2.75, 3.05) is 20.1 Å². The fraction of sp³-hybridized carbons (Fsp3) is 0.533. The average Bonchev–Trinajstić information content (AvgIpc) is 3.20. The summed E-state index contributed by atoms with van der Waals surface area (Å²) in [5.41, 5.74) is 6.80. The topological polar surface area (TPSA) is 46.3 Å². The Labute approximate surface area is 109 Å². The second kappa shape index (κ2) is 5.53. The number of amides is 1. The molecule has 0 heterocycles. The van der Waals surface area contributed by atoms with Crippen LogP contribution < -0.4 is 5.73 Å². The van der Waals surface area contributed by atoms with Gasteiger partial charge in [-0.25, -0.2) is 0 Å². The summed E-state index contributed by atoms with van der Waals surface area (Å²) in [5.74, 6) is 0.234. The van der Waals surface area contributed by atoms with Crippen LogP contribution in [0.5, 0.6) is 0 Å². The molecule has 1 aromatic rings. The Hall–Kier alpha value is -1.35. The van der Waals surface area contributed by atoms with Crippen LogP contribution in [-0.2, 0) is 11.2 Å². The van der Waals surface area contributed by atoms with Crippen LogP contribution >= 0.6 is 0 Å². The summed E-state index contributed by atoms with van der Waals surface area (Å²) in [6, 6.07) is 10.4. The Morgan fingerprint density at radius 2 is 2.00 bits per heavy atom. The lowest BCUT2D eigenvalue weighted by Crippen LogP contribution is -2.38. The Kier molecular flexibility index (Phi) is 4.02. The van der Waals surface area contributed by atoms with Crippen molar-refractivity contribution in [1.82, 2.24) is 4.90 Å². The van der Waals surface area contributed by atoms with Crippen LogP contribution in [0.1, 0.15) is 24.8 Å². The molecule has 98 valence electrons. The maximum absolute atomic E-state index is 12.1. The highest BCUT2D eigenvalue weighted by Crippen LogP contribution is 2.45. The Balaban J connectivity index is 1.75. The number of carbonyl (C=O) groups is 1. The fourth-order valence-corrected chi connectivity index (χ4v) is 2.33. The fourth-order valence-electron chi connectivity index (χ4n) is 2.33. The summed E-state index contributed by atoms with van der Waals surface area (Å²) in [7, 11) is 1.89. The summed E-state index contributed by atoms with van der Waals surface area (Å²) in [5, 5.41) is 0. The molecule has 1 aromatic carbocycles. The minimum atomic E-state index is -0.207. The second-order valence-corrected chi connectivity index (χ2v) is 5.30. The average molecular weight is 246 g/mol. The number of carbonyl (C=O) groups excluding carboxylic acids is 1. The molecule has 1 amide bonds. The molecule has 2 N–H and O–H groups in total. The normalized spacial score (nSPS) is 16.3. The van der Waals surface area contributed by atoms with Gasteiger partial charge in [0.1, 0.15) is 0 Å². The van der Waals surface area contributed by atoms with Gasteiger partial charge in [-0.05, 0) is 31.2 Å². The molecule has 1 saturated carbocycles. The first kappa shape index (κ1) is 13.1. The molecule has 0 unspecified atom stereocenters. The minimum Gasteiger partial charge on any atom is -0.345 e. The van der Waals surface area contributed by atoms with Gasteiger partial charge in [-0.15, -0.1) is 0 Å². The van der Waals surface area contributed by atoms with E-state index in [1.54, 1.807) is 0 Å². The summed E-state index contributed by atoms with van der Waals surface area (Å²) >= 11 is 0. The molecule has 0 radical (unpaired) electrons. The van der Waals surface area contributed by atoms with Gasteiger partial charge in [0.05, 0.1) is 5.41 Å². The number of hydrogen-bond acceptors (Lipinski definition) is 2. The molecule has 1 aliphatic carbocycles. The zero-order valence-corrected chi connectivity index (χ0v) is 11.1. The van der Waals surface area contributed by atoms with Gasteiger partial charge in [0.25, 0.3) is 0 Å². The van der Waals surface area contributed by atoms with Crippen molar-refractivity contribution in [2.45, 2.75) is 25.7 Å². The molecule has 18 heavy (non-hydrogen) atoms. The van der Waals surface area contributed by atoms with E-state index in [4.69, 9.17) is 5.73 Å². The van der Waals surface area contributed by atoms with Crippen LogP contribution in [0.25, 0.3) is 0 Å². The maximum atomic E-state index is 12.1. The summed E-state index contributed by atoms with van der Waals surface area (Å²) in [6.45, 7) is 1.31. The van der Waals surface area contributed by atoms with Crippen molar-refractivity contribution >= 4 is 5.91 Å². The van der Waals surface area contributed by atoms with E-state index in [-0.39, 0.29) is 11.3 Å². The van der Waals surface area contributed by atoms with E-state index < -0.39 is 0 Å². The number of benzene rings is 1. The predicted molar refractivity (Wildman–Crippen MR) is 73.1 cm³/mol. The molecule has 0 atom stereocenters. The van der Waals surface area contributed by atoms with Gasteiger partial charge in [-0.1, -0.05) is 30.3 Å². The van der Waals surface area contributed by atoms with Crippen molar-refractivity contribution < 1.29 is 4.79 Å². The smallest absolute Gasteiger partial charge is 0.229 e. The van der Waals surface area contributed by atoms with Crippen LogP contribution in [0.4, 0.5) is 0 Å². The first-order valence-corrected chi connectivity index (χ1v) is 6.67. The number of nitrogens with two attached hydrogens (primary N) is 1. The van der Waals surface area contributed by atoms with Gasteiger partial charge in [0, 0.05) is 20.1 Å². The quantitative estimate of drug-likeness (QED) is 0.832. The van der Waals surface area contributed by atoms with Crippen LogP contribution in [0, 0.1) is 5.41 Å². The maximum Gasteiger partial charge on any atom is 0.229 e. The van der Waals surface area contributed by atoms with Crippen LogP contribution in [0.2, 0.25) is 0 Å². The lowest BCUT2D eigenvalue weighted by molar-refractivity contribution is -0.135. The van der Waals surface area contributed by atoms with Crippen molar-refractivity contribution in [3.05, 3.63) is 35.9 Å². The second-order valence-electron chi connectivity index (χ2n) is 5.30. The van der Waals surface area contributed by atoms with Gasteiger partial charge in [-0.3, -0.25) is 4.79 Å². The largest absolute Gasteiger partial charge is 0.345 e. The first-order valence-electron chi connectivity index (χ1n) is 6.67. The van der Waals surface area contributed by atoms with Gasteiger partial charge in [-0.2, -0.15) is 0 Å². The molecule has 0 aromatic heterocycles. The minimum absolute atomic E-state index is 0.207. The predicted octanol–water partition coefficient (Wildman–Crippen LogP) is 1.82. The van der Waals surface area contributed by atoms with E-state index in [0.29, 0.717) is 6.54 Å². The molecule has 2 rings (SSSR count). The monoisotopic (exact) mass is 246 g/mol. The zero-order valence-electron chi connectivity index (χ0n) is 11.1. The molecule has 1 aliphatic rings. The lowest BCUT2D eigenvalue weighted by atomic mass is 10.1. The van der Waals surface area contributed by atoms with Crippen LogP contribution in [-0.4, -0.2) is 30.9 Å². The Bertz CT molecular complexity index is 398. The number of rotatable bonds is 6. The molecule has 0 bridgehead atoms. The lowest BCUT2D eigenvalue weighted by Gasteiger charge is -2.22. The van der Waals surface area contributed by atoms with E-state index in [1.807, 2.05) is 18.0 Å². The van der Waals surface area contributed by atoms with Gasteiger partial charge < -0.3 is 10.6 Å². The van der Waals surface area contributed by atoms with Crippen molar-refractivity contribution in [3.8, 4) is 0 Å². The van der Waals surface area contributed by atoms with Gasteiger partial charge in [0.15, 0.2) is 0 Å². The third-order valence-electron chi connectivity index (χ3n) is 3.85. The first-order chi connectivity index (χ1) is 8.68. The van der Waals surface area contributed by atoms with E-state index in [0.717, 1.165) is 32.2 Å². The van der Waals surface area contributed by atoms with Crippen molar-refractivity contribution in [2.24, 2.45) is 11.1 Å². The molecule has 1 fully saturated rings.